The molecule has 1 atom stereocenters. The number of ketones is 1. The van der Waals surface area contributed by atoms with E-state index in [-0.39, 0.29) is 5.92 Å². The third-order valence-electron chi connectivity index (χ3n) is 5.20. The zero-order valence-corrected chi connectivity index (χ0v) is 14.0. The van der Waals surface area contributed by atoms with Gasteiger partial charge in [-0.1, -0.05) is 40.5 Å². The molecule has 0 radical (unpaired) electrons. The van der Waals surface area contributed by atoms with Crippen molar-refractivity contribution < 1.29 is 4.79 Å². The minimum atomic E-state index is 0.290. The molecule has 0 aromatic rings. The lowest BCUT2D eigenvalue weighted by Gasteiger charge is -2.39. The van der Waals surface area contributed by atoms with E-state index in [1.807, 2.05) is 0 Å². The van der Waals surface area contributed by atoms with Gasteiger partial charge in [0.05, 0.1) is 0 Å². The van der Waals surface area contributed by atoms with Crippen molar-refractivity contribution in [3.8, 4) is 0 Å². The molecule has 0 N–H and O–H groups in total. The molecule has 2 heteroatoms. The van der Waals surface area contributed by atoms with E-state index in [2.05, 4.69) is 32.6 Å². The van der Waals surface area contributed by atoms with Gasteiger partial charge in [-0.05, 0) is 37.0 Å². The number of carbonyl (C=O) groups excluding carboxylic acids is 1. The van der Waals surface area contributed by atoms with Crippen molar-refractivity contribution in [2.75, 3.05) is 13.1 Å². The van der Waals surface area contributed by atoms with Crippen molar-refractivity contribution in [1.29, 1.82) is 0 Å². The van der Waals surface area contributed by atoms with Crippen molar-refractivity contribution >= 4 is 5.78 Å². The van der Waals surface area contributed by atoms with Crippen molar-refractivity contribution in [1.82, 2.24) is 4.90 Å². The topological polar surface area (TPSA) is 20.3 Å². The maximum atomic E-state index is 12.3. The largest absolute Gasteiger partial charge is 0.299 e. The van der Waals surface area contributed by atoms with Crippen molar-refractivity contribution in [3.05, 3.63) is 0 Å². The van der Waals surface area contributed by atoms with Crippen LogP contribution in [0.4, 0.5) is 0 Å². The van der Waals surface area contributed by atoms with Crippen LogP contribution in [0.3, 0.4) is 0 Å². The molecule has 0 aromatic heterocycles. The van der Waals surface area contributed by atoms with E-state index in [1.165, 1.54) is 25.7 Å². The number of nitrogens with zero attached hydrogens (tertiary/aromatic N) is 1. The Morgan fingerprint density at radius 2 is 1.90 bits per heavy atom. The van der Waals surface area contributed by atoms with E-state index in [0.29, 0.717) is 17.1 Å². The zero-order valence-electron chi connectivity index (χ0n) is 14.0. The van der Waals surface area contributed by atoms with Crippen LogP contribution in [0.5, 0.6) is 0 Å². The van der Waals surface area contributed by atoms with E-state index in [9.17, 15) is 4.79 Å². The van der Waals surface area contributed by atoms with Gasteiger partial charge in [0.15, 0.2) is 0 Å². The number of rotatable bonds is 5. The summed E-state index contributed by atoms with van der Waals surface area (Å²) in [6, 6.07) is 0.746. The molecule has 20 heavy (non-hydrogen) atoms. The fraction of sp³-hybridized carbons (Fsp3) is 0.944. The van der Waals surface area contributed by atoms with E-state index in [1.54, 1.807) is 0 Å². The van der Waals surface area contributed by atoms with Gasteiger partial charge in [0, 0.05) is 31.5 Å². The van der Waals surface area contributed by atoms with Crippen LogP contribution in [0, 0.1) is 17.3 Å². The van der Waals surface area contributed by atoms with Crippen molar-refractivity contribution in [3.63, 3.8) is 0 Å². The van der Waals surface area contributed by atoms with Crippen LogP contribution >= 0.6 is 0 Å². The van der Waals surface area contributed by atoms with E-state index < -0.39 is 0 Å². The van der Waals surface area contributed by atoms with Gasteiger partial charge >= 0.3 is 0 Å². The Morgan fingerprint density at radius 1 is 1.25 bits per heavy atom. The molecule has 116 valence electrons. The minimum absolute atomic E-state index is 0.290. The molecule has 0 heterocycles. The predicted molar refractivity (Wildman–Crippen MR) is 84.8 cm³/mol. The van der Waals surface area contributed by atoms with Crippen LogP contribution < -0.4 is 0 Å². The van der Waals surface area contributed by atoms with E-state index >= 15 is 0 Å². The highest BCUT2D eigenvalue weighted by Gasteiger charge is 2.36. The maximum absolute atomic E-state index is 12.3. The summed E-state index contributed by atoms with van der Waals surface area (Å²) in [5, 5.41) is 0. The highest BCUT2D eigenvalue weighted by atomic mass is 16.1. The smallest absolute Gasteiger partial charge is 0.137 e. The van der Waals surface area contributed by atoms with Crippen LogP contribution in [0.1, 0.15) is 72.6 Å². The second-order valence-corrected chi connectivity index (χ2v) is 8.32. The van der Waals surface area contributed by atoms with E-state index in [0.717, 1.165) is 38.4 Å². The molecule has 1 unspecified atom stereocenters. The average Bonchev–Trinajstić information content (AvgIpc) is 2.86. The first kappa shape index (κ1) is 16.0. The van der Waals surface area contributed by atoms with Crippen LogP contribution in [0.25, 0.3) is 0 Å². The standard InChI is InChI=1S/C18H33NO/c1-14(2)12-19(16-7-5-6-8-16)13-15-11-18(3,4)10-9-17(15)20/h14-16H,5-13H2,1-4H3. The fourth-order valence-electron chi connectivity index (χ4n) is 4.11. The number of Topliss-reactive ketones (excluding diaryl/α,β-unsaturated/α-hetero) is 1. The van der Waals surface area contributed by atoms with Crippen LogP contribution in [0.2, 0.25) is 0 Å². The molecule has 2 aliphatic carbocycles. The summed E-state index contributed by atoms with van der Waals surface area (Å²) < 4.78 is 0. The first-order chi connectivity index (χ1) is 9.37. The molecular weight excluding hydrogens is 246 g/mol. The zero-order chi connectivity index (χ0) is 14.8. The number of carbonyl (C=O) groups is 1. The summed E-state index contributed by atoms with van der Waals surface area (Å²) >= 11 is 0. The number of hydrogen-bond donors (Lipinski definition) is 0. The van der Waals surface area contributed by atoms with Crippen molar-refractivity contribution in [2.45, 2.75) is 78.7 Å². The normalized spacial score (nSPS) is 27.7. The summed E-state index contributed by atoms with van der Waals surface area (Å²) in [5.74, 6) is 1.51. The molecule has 2 aliphatic rings. The number of hydrogen-bond acceptors (Lipinski definition) is 2. The lowest BCUT2D eigenvalue weighted by molar-refractivity contribution is -0.128. The Balaban J connectivity index is 1.99. The maximum Gasteiger partial charge on any atom is 0.137 e. The highest BCUT2D eigenvalue weighted by molar-refractivity contribution is 5.82. The summed E-state index contributed by atoms with van der Waals surface area (Å²) in [4.78, 5) is 14.9. The Morgan fingerprint density at radius 3 is 2.50 bits per heavy atom. The fourth-order valence-corrected chi connectivity index (χ4v) is 4.11. The Labute approximate surface area is 125 Å². The first-order valence-electron chi connectivity index (χ1n) is 8.64. The molecule has 2 nitrogen and oxygen atoms in total. The molecule has 0 aromatic carbocycles. The monoisotopic (exact) mass is 279 g/mol. The molecule has 2 saturated carbocycles. The van der Waals surface area contributed by atoms with Crippen LogP contribution in [-0.2, 0) is 4.79 Å². The lowest BCUT2D eigenvalue weighted by Crippen LogP contribution is -2.44. The highest BCUT2D eigenvalue weighted by Crippen LogP contribution is 2.38. The van der Waals surface area contributed by atoms with Gasteiger partial charge in [-0.15, -0.1) is 0 Å². The van der Waals surface area contributed by atoms with Gasteiger partial charge in [0.25, 0.3) is 0 Å². The van der Waals surface area contributed by atoms with Gasteiger partial charge in [0.1, 0.15) is 5.78 Å². The van der Waals surface area contributed by atoms with Gasteiger partial charge in [0.2, 0.25) is 0 Å². The third-order valence-corrected chi connectivity index (χ3v) is 5.20. The average molecular weight is 279 g/mol. The summed E-state index contributed by atoms with van der Waals surface area (Å²) in [6.07, 6.45) is 8.42. The van der Waals surface area contributed by atoms with Gasteiger partial charge in [-0.3, -0.25) is 9.69 Å². The quantitative estimate of drug-likeness (QED) is 0.748. The molecule has 2 rings (SSSR count). The molecule has 0 amide bonds. The molecule has 2 fully saturated rings. The summed E-state index contributed by atoms with van der Waals surface area (Å²) in [7, 11) is 0. The Hall–Kier alpha value is -0.370. The SMILES string of the molecule is CC(C)CN(CC1CC(C)(C)CCC1=O)C1CCCC1. The first-order valence-corrected chi connectivity index (χ1v) is 8.64. The minimum Gasteiger partial charge on any atom is -0.299 e. The Bertz CT molecular complexity index is 328. The molecule has 0 aliphatic heterocycles. The van der Waals surface area contributed by atoms with Crippen LogP contribution in [0.15, 0.2) is 0 Å². The lowest BCUT2D eigenvalue weighted by atomic mass is 9.71. The summed E-state index contributed by atoms with van der Waals surface area (Å²) in [5.41, 5.74) is 0.359. The molecule has 0 spiro atoms. The molecule has 0 bridgehead atoms. The molecular formula is C18H33NO. The van der Waals surface area contributed by atoms with Gasteiger partial charge in [-0.25, -0.2) is 0 Å². The predicted octanol–water partition coefficient (Wildman–Crippen LogP) is 4.28. The third kappa shape index (κ3) is 4.31. The second kappa shape index (κ2) is 6.60. The second-order valence-electron chi connectivity index (χ2n) is 8.32. The van der Waals surface area contributed by atoms with Gasteiger partial charge < -0.3 is 0 Å². The van der Waals surface area contributed by atoms with Crippen LogP contribution in [-0.4, -0.2) is 29.8 Å². The summed E-state index contributed by atoms with van der Waals surface area (Å²) in [6.45, 7) is 11.4. The molecule has 0 saturated heterocycles. The van der Waals surface area contributed by atoms with E-state index in [4.69, 9.17) is 0 Å². The van der Waals surface area contributed by atoms with Crippen molar-refractivity contribution in [2.24, 2.45) is 17.3 Å². The van der Waals surface area contributed by atoms with Gasteiger partial charge in [-0.2, -0.15) is 0 Å². The Kier molecular flexibility index (Phi) is 5.28.